The highest BCUT2D eigenvalue weighted by Gasteiger charge is 2.35. The molecular formula is C20H21N5O3. The van der Waals surface area contributed by atoms with Crippen LogP contribution in [0.1, 0.15) is 52.6 Å². The van der Waals surface area contributed by atoms with Crippen LogP contribution in [0, 0.1) is 5.92 Å². The minimum absolute atomic E-state index is 0.0736. The molecule has 3 aromatic heterocycles. The molecule has 2 atom stereocenters. The first-order valence-corrected chi connectivity index (χ1v) is 9.57. The van der Waals surface area contributed by atoms with E-state index in [1.54, 1.807) is 17.3 Å². The van der Waals surface area contributed by atoms with E-state index in [1.807, 2.05) is 19.1 Å². The summed E-state index contributed by atoms with van der Waals surface area (Å²) in [6.45, 7) is 3.08. The topological polar surface area (TPSA) is 104 Å². The molecule has 28 heavy (non-hydrogen) atoms. The quantitative estimate of drug-likeness (QED) is 0.724. The third kappa shape index (κ3) is 3.04. The van der Waals surface area contributed by atoms with Gasteiger partial charge in [0.15, 0.2) is 5.89 Å². The Balaban J connectivity index is 1.26. The number of oxazole rings is 1. The number of amides is 2. The molecule has 0 bridgehead atoms. The van der Waals surface area contributed by atoms with E-state index in [-0.39, 0.29) is 29.5 Å². The average Bonchev–Trinajstić information content (AvgIpc) is 3.12. The highest BCUT2D eigenvalue weighted by molar-refractivity contribution is 5.98. The lowest BCUT2D eigenvalue weighted by Gasteiger charge is -2.16. The van der Waals surface area contributed by atoms with Crippen LogP contribution >= 0.6 is 0 Å². The van der Waals surface area contributed by atoms with Gasteiger partial charge in [0.1, 0.15) is 5.69 Å². The average molecular weight is 379 g/mol. The molecular weight excluding hydrogens is 358 g/mol. The van der Waals surface area contributed by atoms with Crippen LogP contribution in [0.5, 0.6) is 0 Å². The molecule has 8 nitrogen and oxygen atoms in total. The molecule has 0 radical (unpaired) electrons. The molecule has 144 valence electrons. The lowest BCUT2D eigenvalue weighted by atomic mass is 10.1. The first kappa shape index (κ1) is 17.0. The molecule has 2 unspecified atom stereocenters. The predicted molar refractivity (Wildman–Crippen MR) is 101 cm³/mol. The highest BCUT2D eigenvalue weighted by atomic mass is 16.4. The number of likely N-dealkylation sites (tertiary alicyclic amines) is 1. The van der Waals surface area contributed by atoms with E-state index in [0.717, 1.165) is 23.7 Å². The Kier molecular flexibility index (Phi) is 3.92. The minimum atomic E-state index is -0.276. The summed E-state index contributed by atoms with van der Waals surface area (Å²) in [6.07, 6.45) is 7.05. The first-order chi connectivity index (χ1) is 13.6. The van der Waals surface area contributed by atoms with Gasteiger partial charge in [0.05, 0.1) is 12.2 Å². The van der Waals surface area contributed by atoms with E-state index in [4.69, 9.17) is 4.42 Å². The van der Waals surface area contributed by atoms with Crippen molar-refractivity contribution in [2.45, 2.75) is 31.7 Å². The van der Waals surface area contributed by atoms with Crippen LogP contribution in [-0.4, -0.2) is 50.8 Å². The normalized spacial score (nSPS) is 22.0. The number of nitrogens with zero attached hydrogens (tertiary/aromatic N) is 3. The number of nitrogens with one attached hydrogen (secondary N) is 2. The molecule has 2 aliphatic rings. The van der Waals surface area contributed by atoms with Gasteiger partial charge in [-0.3, -0.25) is 14.6 Å². The first-order valence-electron chi connectivity index (χ1n) is 9.57. The molecule has 1 saturated heterocycles. The van der Waals surface area contributed by atoms with E-state index in [1.165, 1.54) is 6.20 Å². The van der Waals surface area contributed by atoms with Gasteiger partial charge < -0.3 is 19.6 Å². The van der Waals surface area contributed by atoms with Crippen molar-refractivity contribution < 1.29 is 14.0 Å². The van der Waals surface area contributed by atoms with E-state index >= 15 is 0 Å². The maximum atomic E-state index is 12.9. The summed E-state index contributed by atoms with van der Waals surface area (Å²) < 4.78 is 5.58. The Hall–Kier alpha value is -3.16. The molecule has 3 aromatic rings. The fraction of sp³-hybridized carbons (Fsp3) is 0.400. The van der Waals surface area contributed by atoms with Crippen LogP contribution in [-0.2, 0) is 0 Å². The zero-order chi connectivity index (χ0) is 19.3. The second kappa shape index (κ2) is 6.47. The number of hydrogen-bond acceptors (Lipinski definition) is 5. The fourth-order valence-corrected chi connectivity index (χ4v) is 3.73. The van der Waals surface area contributed by atoms with Crippen molar-refractivity contribution in [1.82, 2.24) is 25.2 Å². The maximum absolute atomic E-state index is 12.9. The number of carbonyl (C=O) groups excluding carboxylic acids is 2. The number of carbonyl (C=O) groups is 2. The van der Waals surface area contributed by atoms with Crippen LogP contribution in [0.3, 0.4) is 0 Å². The summed E-state index contributed by atoms with van der Waals surface area (Å²) in [5.41, 5.74) is 1.42. The van der Waals surface area contributed by atoms with Gasteiger partial charge in [-0.25, -0.2) is 4.98 Å². The molecule has 0 aromatic carbocycles. The van der Waals surface area contributed by atoms with Gasteiger partial charge in [-0.1, -0.05) is 6.92 Å². The Morgan fingerprint density at radius 3 is 2.93 bits per heavy atom. The number of aromatic amines is 1. The molecule has 2 N–H and O–H groups in total. The number of fused-ring (bicyclic) bond motifs is 1. The molecule has 8 heteroatoms. The number of hydrogen-bond donors (Lipinski definition) is 2. The van der Waals surface area contributed by atoms with Crippen LogP contribution in [0.25, 0.3) is 10.9 Å². The summed E-state index contributed by atoms with van der Waals surface area (Å²) >= 11 is 0. The Labute approximate surface area is 161 Å². The maximum Gasteiger partial charge on any atom is 0.289 e. The van der Waals surface area contributed by atoms with Crippen LogP contribution in [0.4, 0.5) is 0 Å². The van der Waals surface area contributed by atoms with E-state index in [9.17, 15) is 9.59 Å². The van der Waals surface area contributed by atoms with Crippen molar-refractivity contribution in [3.63, 3.8) is 0 Å². The minimum Gasteiger partial charge on any atom is -0.435 e. The van der Waals surface area contributed by atoms with Crippen LogP contribution in [0.2, 0.25) is 0 Å². The van der Waals surface area contributed by atoms with Gasteiger partial charge >= 0.3 is 0 Å². The monoisotopic (exact) mass is 379 g/mol. The fourth-order valence-electron chi connectivity index (χ4n) is 3.73. The van der Waals surface area contributed by atoms with Gasteiger partial charge in [0.2, 0.25) is 5.76 Å². The molecule has 1 aliphatic carbocycles. The SMILES string of the molecule is CC1CN(C(=O)c2cc3cnccc3[nH]2)CC1NC(=O)c1cnc(C2CC2)o1. The third-order valence-electron chi connectivity index (χ3n) is 5.54. The molecule has 4 heterocycles. The van der Waals surface area contributed by atoms with E-state index in [2.05, 4.69) is 20.3 Å². The summed E-state index contributed by atoms with van der Waals surface area (Å²) in [5.74, 6) is 1.05. The van der Waals surface area contributed by atoms with Crippen molar-refractivity contribution in [3.05, 3.63) is 48.1 Å². The molecule has 1 aliphatic heterocycles. The summed E-state index contributed by atoms with van der Waals surface area (Å²) in [7, 11) is 0. The predicted octanol–water partition coefficient (Wildman–Crippen LogP) is 2.32. The van der Waals surface area contributed by atoms with Crippen molar-refractivity contribution in [2.24, 2.45) is 5.92 Å². The number of rotatable bonds is 4. The lowest BCUT2D eigenvalue weighted by Crippen LogP contribution is -2.40. The highest BCUT2D eigenvalue weighted by Crippen LogP contribution is 2.39. The van der Waals surface area contributed by atoms with Gasteiger partial charge in [-0.05, 0) is 30.9 Å². The zero-order valence-corrected chi connectivity index (χ0v) is 15.5. The molecule has 5 rings (SSSR count). The van der Waals surface area contributed by atoms with Gasteiger partial charge in [-0.15, -0.1) is 0 Å². The van der Waals surface area contributed by atoms with Gasteiger partial charge in [-0.2, -0.15) is 0 Å². The second-order valence-corrected chi connectivity index (χ2v) is 7.75. The Morgan fingerprint density at radius 2 is 2.14 bits per heavy atom. The van der Waals surface area contributed by atoms with Crippen molar-refractivity contribution in [1.29, 1.82) is 0 Å². The summed E-state index contributed by atoms with van der Waals surface area (Å²) in [6, 6.07) is 3.53. The van der Waals surface area contributed by atoms with E-state index in [0.29, 0.717) is 30.6 Å². The standard InChI is InChI=1S/C20H21N5O3/c1-11-9-25(20(27)15-6-13-7-21-5-4-14(13)23-15)10-16(11)24-18(26)17-8-22-19(28-17)12-2-3-12/h4-8,11-12,16,23H,2-3,9-10H2,1H3,(H,24,26). The van der Waals surface area contributed by atoms with Crippen molar-refractivity contribution in [2.75, 3.05) is 13.1 Å². The van der Waals surface area contributed by atoms with Crippen molar-refractivity contribution >= 4 is 22.7 Å². The smallest absolute Gasteiger partial charge is 0.289 e. The number of H-pyrrole nitrogens is 1. The third-order valence-corrected chi connectivity index (χ3v) is 5.54. The molecule has 2 fully saturated rings. The number of pyridine rings is 1. The second-order valence-electron chi connectivity index (χ2n) is 7.75. The lowest BCUT2D eigenvalue weighted by molar-refractivity contribution is 0.0775. The van der Waals surface area contributed by atoms with Crippen LogP contribution < -0.4 is 5.32 Å². The van der Waals surface area contributed by atoms with Crippen LogP contribution in [0.15, 0.2) is 35.1 Å². The summed E-state index contributed by atoms with van der Waals surface area (Å²) in [5, 5.41) is 3.90. The summed E-state index contributed by atoms with van der Waals surface area (Å²) in [4.78, 5) is 38.6. The van der Waals surface area contributed by atoms with Gasteiger partial charge in [0.25, 0.3) is 11.8 Å². The molecule has 1 saturated carbocycles. The van der Waals surface area contributed by atoms with Crippen molar-refractivity contribution in [3.8, 4) is 0 Å². The van der Waals surface area contributed by atoms with E-state index < -0.39 is 0 Å². The molecule has 0 spiro atoms. The largest absolute Gasteiger partial charge is 0.435 e. The number of aromatic nitrogens is 3. The van der Waals surface area contributed by atoms with Gasteiger partial charge in [0, 0.05) is 42.3 Å². The Bertz CT molecular complexity index is 1020. The zero-order valence-electron chi connectivity index (χ0n) is 15.5. The Morgan fingerprint density at radius 1 is 1.29 bits per heavy atom. The molecule has 2 amide bonds.